The molecule has 0 spiro atoms. The van der Waals surface area contributed by atoms with Crippen molar-refractivity contribution >= 4 is 0 Å². The molecular weight excluding hydrogens is 174 g/mol. The predicted octanol–water partition coefficient (Wildman–Crippen LogP) is 1.38. The maximum Gasteiger partial charge on any atom is 0.0474 e. The number of hydrogen-bond donors (Lipinski definition) is 1. The first-order valence-corrected chi connectivity index (χ1v) is 5.30. The molecule has 1 N–H and O–H groups in total. The second kappa shape index (κ2) is 3.07. The minimum atomic E-state index is 0.359. The lowest BCUT2D eigenvalue weighted by molar-refractivity contribution is 0.218. The summed E-state index contributed by atoms with van der Waals surface area (Å²) < 4.78 is 0. The molecule has 14 heavy (non-hydrogen) atoms. The SMILES string of the molecule is OC[C@H]1C[C@@H]1N1Cc2ccccc2C1. The van der Waals surface area contributed by atoms with E-state index in [0.29, 0.717) is 18.6 Å². The molecule has 1 fully saturated rings. The van der Waals surface area contributed by atoms with Crippen LogP contribution in [0.15, 0.2) is 24.3 Å². The monoisotopic (exact) mass is 189 g/mol. The molecular formula is C12H15NO. The lowest BCUT2D eigenvalue weighted by Gasteiger charge is -2.13. The highest BCUT2D eigenvalue weighted by Gasteiger charge is 2.42. The molecule has 3 rings (SSSR count). The molecule has 0 unspecified atom stereocenters. The maximum absolute atomic E-state index is 9.03. The molecule has 0 saturated heterocycles. The summed E-state index contributed by atoms with van der Waals surface area (Å²) in [6.07, 6.45) is 1.19. The molecule has 2 nitrogen and oxygen atoms in total. The summed E-state index contributed by atoms with van der Waals surface area (Å²) in [4.78, 5) is 2.49. The van der Waals surface area contributed by atoms with Gasteiger partial charge in [0, 0.05) is 25.7 Å². The molecule has 0 aromatic heterocycles. The third kappa shape index (κ3) is 1.26. The van der Waals surface area contributed by atoms with E-state index in [-0.39, 0.29) is 0 Å². The fourth-order valence-electron chi connectivity index (χ4n) is 2.47. The van der Waals surface area contributed by atoms with Crippen molar-refractivity contribution in [1.29, 1.82) is 0 Å². The highest BCUT2D eigenvalue weighted by Crippen LogP contribution is 2.39. The summed E-state index contributed by atoms with van der Waals surface area (Å²) in [5.41, 5.74) is 2.94. The van der Waals surface area contributed by atoms with Gasteiger partial charge in [0.05, 0.1) is 0 Å². The summed E-state index contributed by atoms with van der Waals surface area (Å²) in [5, 5.41) is 9.03. The van der Waals surface area contributed by atoms with Crippen molar-refractivity contribution in [3.05, 3.63) is 35.4 Å². The highest BCUT2D eigenvalue weighted by molar-refractivity contribution is 5.31. The van der Waals surface area contributed by atoms with Crippen LogP contribution in [-0.4, -0.2) is 22.7 Å². The largest absolute Gasteiger partial charge is 0.396 e. The average molecular weight is 189 g/mol. The van der Waals surface area contributed by atoms with Gasteiger partial charge in [-0.2, -0.15) is 0 Å². The Balaban J connectivity index is 1.73. The molecule has 0 radical (unpaired) electrons. The van der Waals surface area contributed by atoms with Gasteiger partial charge in [-0.05, 0) is 23.5 Å². The number of rotatable bonds is 2. The molecule has 2 aliphatic rings. The van der Waals surface area contributed by atoms with E-state index in [0.717, 1.165) is 13.1 Å². The first-order chi connectivity index (χ1) is 6.88. The zero-order valence-corrected chi connectivity index (χ0v) is 8.19. The van der Waals surface area contributed by atoms with Gasteiger partial charge in [0.1, 0.15) is 0 Å². The van der Waals surface area contributed by atoms with Gasteiger partial charge in [0.15, 0.2) is 0 Å². The number of aliphatic hydroxyl groups excluding tert-OH is 1. The standard InChI is InChI=1S/C12H15NO/c14-8-11-5-12(11)13-6-9-3-1-2-4-10(9)7-13/h1-4,11-12,14H,5-8H2/t11-,12+/m1/s1. The summed E-state index contributed by atoms with van der Waals surface area (Å²) >= 11 is 0. The van der Waals surface area contributed by atoms with E-state index in [9.17, 15) is 0 Å². The summed E-state index contributed by atoms with van der Waals surface area (Å²) in [7, 11) is 0. The Morgan fingerprint density at radius 2 is 1.86 bits per heavy atom. The Morgan fingerprint density at radius 3 is 2.36 bits per heavy atom. The van der Waals surface area contributed by atoms with E-state index in [1.807, 2.05) is 0 Å². The van der Waals surface area contributed by atoms with Crippen LogP contribution in [0.4, 0.5) is 0 Å². The zero-order chi connectivity index (χ0) is 9.54. The van der Waals surface area contributed by atoms with Crippen LogP contribution in [0.5, 0.6) is 0 Å². The van der Waals surface area contributed by atoms with Gasteiger partial charge in [0.2, 0.25) is 0 Å². The second-order valence-corrected chi connectivity index (χ2v) is 4.42. The van der Waals surface area contributed by atoms with E-state index < -0.39 is 0 Å². The number of hydrogen-bond acceptors (Lipinski definition) is 2. The molecule has 1 aliphatic carbocycles. The lowest BCUT2D eigenvalue weighted by atomic mass is 10.1. The topological polar surface area (TPSA) is 23.5 Å². The minimum absolute atomic E-state index is 0.359. The van der Waals surface area contributed by atoms with E-state index >= 15 is 0 Å². The van der Waals surface area contributed by atoms with Crippen LogP contribution >= 0.6 is 0 Å². The first kappa shape index (κ1) is 8.45. The number of benzene rings is 1. The Hall–Kier alpha value is -0.860. The average Bonchev–Trinajstić information content (AvgIpc) is 2.89. The van der Waals surface area contributed by atoms with Gasteiger partial charge in [-0.3, -0.25) is 4.90 Å². The fourth-order valence-corrected chi connectivity index (χ4v) is 2.47. The number of aliphatic hydroxyl groups is 1. The zero-order valence-electron chi connectivity index (χ0n) is 8.19. The van der Waals surface area contributed by atoms with Crippen molar-refractivity contribution in [2.24, 2.45) is 5.92 Å². The Morgan fingerprint density at radius 1 is 1.21 bits per heavy atom. The summed E-state index contributed by atoms with van der Waals surface area (Å²) in [5.74, 6) is 0.546. The van der Waals surface area contributed by atoms with E-state index in [2.05, 4.69) is 29.2 Å². The van der Waals surface area contributed by atoms with Gasteiger partial charge in [-0.15, -0.1) is 0 Å². The molecule has 1 aromatic carbocycles. The number of fused-ring (bicyclic) bond motifs is 1. The van der Waals surface area contributed by atoms with Crippen molar-refractivity contribution in [3.63, 3.8) is 0 Å². The highest BCUT2D eigenvalue weighted by atomic mass is 16.3. The summed E-state index contributed by atoms with van der Waals surface area (Å²) in [6, 6.07) is 9.29. The predicted molar refractivity (Wildman–Crippen MR) is 54.7 cm³/mol. The van der Waals surface area contributed by atoms with Crippen molar-refractivity contribution in [2.45, 2.75) is 25.6 Å². The lowest BCUT2D eigenvalue weighted by Crippen LogP contribution is -2.21. The molecule has 74 valence electrons. The van der Waals surface area contributed by atoms with Crippen molar-refractivity contribution in [1.82, 2.24) is 4.90 Å². The van der Waals surface area contributed by atoms with Crippen LogP contribution in [0.1, 0.15) is 17.5 Å². The first-order valence-electron chi connectivity index (χ1n) is 5.30. The summed E-state index contributed by atoms with van der Waals surface area (Å²) in [6.45, 7) is 2.52. The molecule has 1 aliphatic heterocycles. The molecule has 1 heterocycles. The van der Waals surface area contributed by atoms with E-state index in [1.54, 1.807) is 0 Å². The smallest absolute Gasteiger partial charge is 0.0474 e. The molecule has 1 aromatic rings. The van der Waals surface area contributed by atoms with Crippen LogP contribution in [0.25, 0.3) is 0 Å². The van der Waals surface area contributed by atoms with E-state index in [4.69, 9.17) is 5.11 Å². The Kier molecular flexibility index (Phi) is 1.85. The van der Waals surface area contributed by atoms with Crippen LogP contribution in [0.3, 0.4) is 0 Å². The van der Waals surface area contributed by atoms with Gasteiger partial charge in [-0.25, -0.2) is 0 Å². The van der Waals surface area contributed by atoms with Gasteiger partial charge < -0.3 is 5.11 Å². The van der Waals surface area contributed by atoms with Crippen molar-refractivity contribution < 1.29 is 5.11 Å². The van der Waals surface area contributed by atoms with Gasteiger partial charge in [0.25, 0.3) is 0 Å². The molecule has 2 atom stereocenters. The fraction of sp³-hybridized carbons (Fsp3) is 0.500. The number of nitrogens with zero attached hydrogens (tertiary/aromatic N) is 1. The maximum atomic E-state index is 9.03. The Bertz CT molecular complexity index is 325. The molecule has 2 heteroatoms. The van der Waals surface area contributed by atoms with Crippen LogP contribution < -0.4 is 0 Å². The quantitative estimate of drug-likeness (QED) is 0.759. The normalized spacial score (nSPS) is 30.4. The van der Waals surface area contributed by atoms with Gasteiger partial charge >= 0.3 is 0 Å². The van der Waals surface area contributed by atoms with E-state index in [1.165, 1.54) is 17.5 Å². The van der Waals surface area contributed by atoms with Crippen LogP contribution in [0, 0.1) is 5.92 Å². The third-order valence-corrected chi connectivity index (χ3v) is 3.45. The molecule has 0 amide bonds. The third-order valence-electron chi connectivity index (χ3n) is 3.45. The molecule has 0 bridgehead atoms. The van der Waals surface area contributed by atoms with Crippen molar-refractivity contribution in [3.8, 4) is 0 Å². The van der Waals surface area contributed by atoms with Crippen LogP contribution in [-0.2, 0) is 13.1 Å². The molecule has 1 saturated carbocycles. The minimum Gasteiger partial charge on any atom is -0.396 e. The second-order valence-electron chi connectivity index (χ2n) is 4.42. The van der Waals surface area contributed by atoms with Crippen LogP contribution in [0.2, 0.25) is 0 Å². The van der Waals surface area contributed by atoms with Gasteiger partial charge in [-0.1, -0.05) is 24.3 Å². The van der Waals surface area contributed by atoms with Crippen molar-refractivity contribution in [2.75, 3.05) is 6.61 Å². The Labute approximate surface area is 84.2 Å².